The van der Waals surface area contributed by atoms with Crippen LogP contribution in [0, 0.1) is 6.92 Å². The van der Waals surface area contributed by atoms with Crippen molar-refractivity contribution in [3.8, 4) is 0 Å². The average molecular weight is 342 g/mol. The van der Waals surface area contributed by atoms with E-state index >= 15 is 0 Å². The Balaban J connectivity index is 2.39. The minimum atomic E-state index is -4.47. The number of benzene rings is 2. The van der Waals surface area contributed by atoms with Crippen molar-refractivity contribution in [3.05, 3.63) is 52.4 Å². The fourth-order valence-corrected chi connectivity index (χ4v) is 2.73. The molecule has 1 N–H and O–H groups in total. The molecule has 8 heteroatoms. The number of rotatable bonds is 5. The van der Waals surface area contributed by atoms with Crippen LogP contribution in [0.4, 0.5) is 8.78 Å². The molecule has 0 unspecified atom stereocenters. The SMILES string of the molecule is Cc1c(C(=O)O)ccc2cc(/C=C/S(=O)(=O)OC(F)F)ccc12. The van der Waals surface area contributed by atoms with Gasteiger partial charge in [0, 0.05) is 0 Å². The van der Waals surface area contributed by atoms with Crippen molar-refractivity contribution in [1.82, 2.24) is 0 Å². The second-order valence-corrected chi connectivity index (χ2v) is 6.13. The second kappa shape index (κ2) is 6.43. The monoisotopic (exact) mass is 342 g/mol. The van der Waals surface area contributed by atoms with Crippen LogP contribution in [0.3, 0.4) is 0 Å². The maximum atomic E-state index is 11.9. The van der Waals surface area contributed by atoms with Gasteiger partial charge >= 0.3 is 12.6 Å². The van der Waals surface area contributed by atoms with Crippen molar-refractivity contribution in [1.29, 1.82) is 0 Å². The first-order chi connectivity index (χ1) is 10.7. The molecule has 0 fully saturated rings. The molecule has 0 amide bonds. The molecule has 0 heterocycles. The zero-order valence-electron chi connectivity index (χ0n) is 11.9. The summed E-state index contributed by atoms with van der Waals surface area (Å²) in [6, 6.07) is 7.84. The van der Waals surface area contributed by atoms with Crippen molar-refractivity contribution in [3.63, 3.8) is 0 Å². The van der Waals surface area contributed by atoms with E-state index in [2.05, 4.69) is 4.18 Å². The lowest BCUT2D eigenvalue weighted by atomic mass is 9.98. The van der Waals surface area contributed by atoms with E-state index in [1.807, 2.05) is 0 Å². The van der Waals surface area contributed by atoms with Gasteiger partial charge in [-0.2, -0.15) is 21.4 Å². The van der Waals surface area contributed by atoms with Gasteiger partial charge in [-0.3, -0.25) is 0 Å². The van der Waals surface area contributed by atoms with E-state index in [9.17, 15) is 22.0 Å². The molecule has 0 spiro atoms. The molecule has 122 valence electrons. The first kappa shape index (κ1) is 17.0. The number of carbonyl (C=O) groups is 1. The summed E-state index contributed by atoms with van der Waals surface area (Å²) in [5, 5.41) is 11.0. The Bertz CT molecular complexity index is 888. The van der Waals surface area contributed by atoms with E-state index in [0.717, 1.165) is 6.08 Å². The van der Waals surface area contributed by atoms with Crippen LogP contribution >= 0.6 is 0 Å². The Morgan fingerprint density at radius 3 is 2.57 bits per heavy atom. The summed E-state index contributed by atoms with van der Waals surface area (Å²) >= 11 is 0. The maximum absolute atomic E-state index is 11.9. The lowest BCUT2D eigenvalue weighted by molar-refractivity contribution is -0.0432. The Morgan fingerprint density at radius 1 is 1.26 bits per heavy atom. The van der Waals surface area contributed by atoms with Crippen LogP contribution < -0.4 is 0 Å². The summed E-state index contributed by atoms with van der Waals surface area (Å²) in [5.74, 6) is -1.04. The highest BCUT2D eigenvalue weighted by molar-refractivity contribution is 7.89. The molecule has 2 aromatic rings. The van der Waals surface area contributed by atoms with Gasteiger partial charge in [0.2, 0.25) is 0 Å². The number of hydrogen-bond donors (Lipinski definition) is 1. The molecule has 0 bridgehead atoms. The number of aryl methyl sites for hydroxylation is 1. The lowest BCUT2D eigenvalue weighted by Gasteiger charge is -2.07. The number of alkyl halides is 2. The van der Waals surface area contributed by atoms with Crippen molar-refractivity contribution in [2.24, 2.45) is 0 Å². The lowest BCUT2D eigenvalue weighted by Crippen LogP contribution is -2.06. The normalized spacial score (nSPS) is 12.3. The topological polar surface area (TPSA) is 80.7 Å². The van der Waals surface area contributed by atoms with Gasteiger partial charge in [-0.05, 0) is 47.0 Å². The zero-order chi connectivity index (χ0) is 17.2. The number of carboxylic acid groups (broad SMARTS) is 1. The highest BCUT2D eigenvalue weighted by Gasteiger charge is 2.14. The zero-order valence-corrected chi connectivity index (χ0v) is 12.7. The summed E-state index contributed by atoms with van der Waals surface area (Å²) < 4.78 is 49.7. The third kappa shape index (κ3) is 4.11. The van der Waals surface area contributed by atoms with Gasteiger partial charge in [-0.1, -0.05) is 18.2 Å². The smallest absolute Gasteiger partial charge is 0.359 e. The first-order valence-electron chi connectivity index (χ1n) is 6.36. The first-order valence-corrected chi connectivity index (χ1v) is 7.83. The molecule has 2 rings (SSSR count). The van der Waals surface area contributed by atoms with E-state index < -0.39 is 22.7 Å². The van der Waals surface area contributed by atoms with Crippen LogP contribution in [0.5, 0.6) is 0 Å². The molecule has 2 aromatic carbocycles. The molecule has 0 radical (unpaired) electrons. The van der Waals surface area contributed by atoms with E-state index in [1.165, 1.54) is 6.07 Å². The predicted octanol–water partition coefficient (Wildman–Crippen LogP) is 3.39. The highest BCUT2D eigenvalue weighted by Crippen LogP contribution is 2.24. The Hall–Kier alpha value is -2.32. The summed E-state index contributed by atoms with van der Waals surface area (Å²) in [5.41, 5.74) is 1.20. The van der Waals surface area contributed by atoms with Gasteiger partial charge in [0.15, 0.2) is 0 Å². The van der Waals surface area contributed by atoms with Crippen molar-refractivity contribution < 1.29 is 31.3 Å². The van der Waals surface area contributed by atoms with Gasteiger partial charge in [0.1, 0.15) is 0 Å². The van der Waals surface area contributed by atoms with Crippen LogP contribution in [0.25, 0.3) is 16.8 Å². The molecule has 0 aromatic heterocycles. The quantitative estimate of drug-likeness (QED) is 0.843. The van der Waals surface area contributed by atoms with Crippen molar-refractivity contribution in [2.45, 2.75) is 13.5 Å². The molecule has 0 atom stereocenters. The Kier molecular flexibility index (Phi) is 4.76. The largest absolute Gasteiger partial charge is 0.478 e. The molecule has 0 aliphatic rings. The third-order valence-electron chi connectivity index (χ3n) is 3.18. The molecule has 0 saturated carbocycles. The van der Waals surface area contributed by atoms with Crippen molar-refractivity contribution >= 4 is 32.9 Å². The Labute approximate surface area is 130 Å². The number of hydrogen-bond acceptors (Lipinski definition) is 4. The van der Waals surface area contributed by atoms with Crippen LogP contribution in [0.15, 0.2) is 35.7 Å². The van der Waals surface area contributed by atoms with Gasteiger partial charge in [0.25, 0.3) is 10.1 Å². The van der Waals surface area contributed by atoms with Crippen LogP contribution in [0.2, 0.25) is 0 Å². The number of halogens is 2. The van der Waals surface area contributed by atoms with Gasteiger partial charge in [-0.25, -0.2) is 4.79 Å². The van der Waals surface area contributed by atoms with E-state index in [1.54, 1.807) is 31.2 Å². The fraction of sp³-hybridized carbons (Fsp3) is 0.133. The van der Waals surface area contributed by atoms with Crippen LogP contribution in [-0.2, 0) is 14.3 Å². The Morgan fingerprint density at radius 2 is 1.96 bits per heavy atom. The molecule has 0 aliphatic heterocycles. The van der Waals surface area contributed by atoms with Gasteiger partial charge in [0.05, 0.1) is 11.0 Å². The molecule has 23 heavy (non-hydrogen) atoms. The number of carboxylic acids is 1. The summed E-state index contributed by atoms with van der Waals surface area (Å²) in [6.45, 7) is -1.75. The summed E-state index contributed by atoms with van der Waals surface area (Å²) in [7, 11) is -4.47. The van der Waals surface area contributed by atoms with Crippen molar-refractivity contribution in [2.75, 3.05) is 0 Å². The average Bonchev–Trinajstić information content (AvgIpc) is 2.43. The predicted molar refractivity (Wildman–Crippen MR) is 80.7 cm³/mol. The van der Waals surface area contributed by atoms with Gasteiger partial charge in [-0.15, -0.1) is 0 Å². The maximum Gasteiger partial charge on any atom is 0.359 e. The van der Waals surface area contributed by atoms with Crippen LogP contribution in [0.1, 0.15) is 21.5 Å². The molecular formula is C15H12F2O5S. The van der Waals surface area contributed by atoms with E-state index in [0.29, 0.717) is 27.3 Å². The standard InChI is InChI=1S/C15H12F2O5S/c1-9-12-4-2-10(6-7-23(20,21)22-15(16)17)8-11(12)3-5-13(9)14(18)19/h2-8,15H,1H3,(H,18,19)/b7-6+. The number of fused-ring (bicyclic) bond motifs is 1. The number of aromatic carboxylic acids is 1. The minimum Gasteiger partial charge on any atom is -0.478 e. The second-order valence-electron chi connectivity index (χ2n) is 4.68. The van der Waals surface area contributed by atoms with E-state index in [4.69, 9.17) is 5.11 Å². The third-order valence-corrected chi connectivity index (χ3v) is 4.06. The highest BCUT2D eigenvalue weighted by atomic mass is 32.2. The molecule has 0 saturated heterocycles. The summed E-state index contributed by atoms with van der Waals surface area (Å²) in [6.07, 6.45) is 1.12. The molecule has 5 nitrogen and oxygen atoms in total. The fourth-order valence-electron chi connectivity index (χ4n) is 2.13. The molecule has 0 aliphatic carbocycles. The minimum absolute atomic E-state index is 0.175. The molecular weight excluding hydrogens is 330 g/mol. The van der Waals surface area contributed by atoms with Crippen LogP contribution in [-0.4, -0.2) is 26.1 Å². The van der Waals surface area contributed by atoms with Gasteiger partial charge < -0.3 is 5.11 Å². The summed E-state index contributed by atoms with van der Waals surface area (Å²) in [4.78, 5) is 11.1. The van der Waals surface area contributed by atoms with E-state index in [-0.39, 0.29) is 5.56 Å².